The second-order valence-corrected chi connectivity index (χ2v) is 6.01. The highest BCUT2D eigenvalue weighted by Gasteiger charge is 2.18. The molecular weight excluding hydrogens is 351 g/mol. The summed E-state index contributed by atoms with van der Waals surface area (Å²) in [6, 6.07) is 8.24. The van der Waals surface area contributed by atoms with Crippen LogP contribution in [-0.2, 0) is 9.59 Å². The van der Waals surface area contributed by atoms with Gasteiger partial charge in [0.15, 0.2) is 0 Å². The molecule has 7 heteroatoms. The van der Waals surface area contributed by atoms with Crippen LogP contribution in [0.3, 0.4) is 0 Å². The highest BCUT2D eigenvalue weighted by Crippen LogP contribution is 2.31. The molecule has 0 aliphatic rings. The van der Waals surface area contributed by atoms with Crippen molar-refractivity contribution in [1.29, 1.82) is 0 Å². The number of carbonyl (C=O) groups is 2. The number of anilines is 2. The monoisotopic (exact) mass is 366 g/mol. The normalized spacial score (nSPS) is 10.2. The van der Waals surface area contributed by atoms with Gasteiger partial charge in [0.05, 0.1) is 12.8 Å². The Balaban J connectivity index is 2.16. The topological polar surface area (TPSA) is 67.4 Å². The lowest BCUT2D eigenvalue weighted by atomic mass is 10.2. The Hall–Kier alpha value is -2.24. The molecule has 0 fully saturated rings. The van der Waals surface area contributed by atoms with E-state index in [4.69, 9.17) is 27.9 Å². The lowest BCUT2D eigenvalue weighted by Crippen LogP contribution is -2.29. The Morgan fingerprint density at radius 2 is 1.54 bits per heavy atom. The fraction of sp³-hybridized carbons (Fsp3) is 0.176. The first kappa shape index (κ1) is 18.1. The molecule has 0 saturated heterocycles. The van der Waals surface area contributed by atoms with Crippen LogP contribution in [0.5, 0.6) is 5.75 Å². The maximum Gasteiger partial charge on any atom is 0.314 e. The van der Waals surface area contributed by atoms with E-state index < -0.39 is 11.8 Å². The minimum atomic E-state index is -0.825. The molecule has 2 amide bonds. The predicted octanol–water partition coefficient (Wildman–Crippen LogP) is 4.20. The van der Waals surface area contributed by atoms with Gasteiger partial charge in [-0.3, -0.25) is 9.59 Å². The summed E-state index contributed by atoms with van der Waals surface area (Å²) in [6.45, 7) is 3.59. The number of aryl methyl sites for hydroxylation is 2. The van der Waals surface area contributed by atoms with Crippen LogP contribution in [0, 0.1) is 13.8 Å². The predicted molar refractivity (Wildman–Crippen MR) is 96.2 cm³/mol. The van der Waals surface area contributed by atoms with Crippen molar-refractivity contribution in [3.8, 4) is 5.75 Å². The van der Waals surface area contributed by atoms with Crippen molar-refractivity contribution in [2.45, 2.75) is 13.8 Å². The number of carbonyl (C=O) groups excluding carboxylic acids is 2. The third-order valence-electron chi connectivity index (χ3n) is 3.38. The summed E-state index contributed by atoms with van der Waals surface area (Å²) in [5.41, 5.74) is 2.38. The molecule has 0 saturated carbocycles. The lowest BCUT2D eigenvalue weighted by Gasteiger charge is -2.13. The zero-order chi connectivity index (χ0) is 17.9. The van der Waals surface area contributed by atoms with E-state index in [0.29, 0.717) is 27.2 Å². The molecule has 126 valence electrons. The molecular formula is C17H16Cl2N2O3. The second kappa shape index (κ2) is 7.55. The number of halogens is 2. The Morgan fingerprint density at radius 3 is 2.17 bits per heavy atom. The molecule has 0 spiro atoms. The Morgan fingerprint density at radius 1 is 0.917 bits per heavy atom. The molecule has 2 N–H and O–H groups in total. The van der Waals surface area contributed by atoms with Gasteiger partial charge in [0, 0.05) is 21.8 Å². The summed E-state index contributed by atoms with van der Waals surface area (Å²) in [5, 5.41) is 6.02. The van der Waals surface area contributed by atoms with E-state index >= 15 is 0 Å². The minimum absolute atomic E-state index is 0.363. The molecule has 0 aliphatic carbocycles. The van der Waals surface area contributed by atoms with E-state index in [1.54, 1.807) is 44.2 Å². The first-order valence-electron chi connectivity index (χ1n) is 7.04. The van der Waals surface area contributed by atoms with E-state index in [1.807, 2.05) is 0 Å². The van der Waals surface area contributed by atoms with Crippen molar-refractivity contribution in [1.82, 2.24) is 0 Å². The summed E-state index contributed by atoms with van der Waals surface area (Å²) in [6.07, 6.45) is 0. The summed E-state index contributed by atoms with van der Waals surface area (Å²) in [7, 11) is 1.45. The van der Waals surface area contributed by atoms with Crippen molar-refractivity contribution in [3.05, 3.63) is 51.5 Å². The number of amides is 2. The molecule has 0 radical (unpaired) electrons. The molecule has 0 atom stereocenters. The highest BCUT2D eigenvalue weighted by molar-refractivity contribution is 6.44. The van der Waals surface area contributed by atoms with Crippen molar-refractivity contribution in [3.63, 3.8) is 0 Å². The Bertz CT molecular complexity index is 807. The van der Waals surface area contributed by atoms with Gasteiger partial charge in [0.1, 0.15) is 5.75 Å². The van der Waals surface area contributed by atoms with Crippen LogP contribution in [0.15, 0.2) is 30.3 Å². The van der Waals surface area contributed by atoms with Crippen LogP contribution in [0.25, 0.3) is 0 Å². The van der Waals surface area contributed by atoms with Gasteiger partial charge >= 0.3 is 11.8 Å². The van der Waals surface area contributed by atoms with Gasteiger partial charge in [0.25, 0.3) is 0 Å². The molecule has 0 bridgehead atoms. The molecule has 2 rings (SSSR count). The summed E-state index contributed by atoms with van der Waals surface area (Å²) in [5.74, 6) is -1.27. The standard InChI is InChI=1S/C17H16Cl2N2O3/c1-9-4-5-11(18)7-13(9)20-16(22)17(23)21-14-6-10(2)12(19)8-15(14)24-3/h4-8H,1-3H3,(H,20,22)(H,21,23). The minimum Gasteiger partial charge on any atom is -0.495 e. The van der Waals surface area contributed by atoms with E-state index in [2.05, 4.69) is 10.6 Å². The Labute approximate surface area is 149 Å². The zero-order valence-electron chi connectivity index (χ0n) is 13.4. The van der Waals surface area contributed by atoms with Crippen LogP contribution >= 0.6 is 23.2 Å². The first-order chi connectivity index (χ1) is 11.3. The lowest BCUT2D eigenvalue weighted by molar-refractivity contribution is -0.133. The number of ether oxygens (including phenoxy) is 1. The van der Waals surface area contributed by atoms with Crippen LogP contribution in [0.1, 0.15) is 11.1 Å². The van der Waals surface area contributed by atoms with E-state index in [9.17, 15) is 9.59 Å². The summed E-state index contributed by atoms with van der Waals surface area (Å²) in [4.78, 5) is 24.2. The van der Waals surface area contributed by atoms with Crippen LogP contribution in [-0.4, -0.2) is 18.9 Å². The number of methoxy groups -OCH3 is 1. The van der Waals surface area contributed by atoms with Crippen LogP contribution in [0.4, 0.5) is 11.4 Å². The molecule has 0 aromatic heterocycles. The van der Waals surface area contributed by atoms with Gasteiger partial charge in [-0.05, 0) is 43.2 Å². The molecule has 2 aromatic carbocycles. The first-order valence-corrected chi connectivity index (χ1v) is 7.80. The van der Waals surface area contributed by atoms with Gasteiger partial charge in [-0.15, -0.1) is 0 Å². The zero-order valence-corrected chi connectivity index (χ0v) is 14.9. The molecule has 0 aliphatic heterocycles. The average molecular weight is 367 g/mol. The smallest absolute Gasteiger partial charge is 0.314 e. The third-order valence-corrected chi connectivity index (χ3v) is 4.03. The van der Waals surface area contributed by atoms with Gasteiger partial charge in [-0.2, -0.15) is 0 Å². The number of rotatable bonds is 3. The fourth-order valence-corrected chi connectivity index (χ4v) is 2.34. The maximum absolute atomic E-state index is 12.1. The van der Waals surface area contributed by atoms with Crippen molar-refractivity contribution >= 4 is 46.4 Å². The SMILES string of the molecule is COc1cc(Cl)c(C)cc1NC(=O)C(=O)Nc1cc(Cl)ccc1C. The largest absolute Gasteiger partial charge is 0.495 e. The molecule has 2 aromatic rings. The summed E-state index contributed by atoms with van der Waals surface area (Å²) < 4.78 is 5.17. The molecule has 0 unspecified atom stereocenters. The van der Waals surface area contributed by atoms with Crippen molar-refractivity contribution < 1.29 is 14.3 Å². The maximum atomic E-state index is 12.1. The average Bonchev–Trinajstić information content (AvgIpc) is 2.54. The van der Waals surface area contributed by atoms with Gasteiger partial charge < -0.3 is 15.4 Å². The molecule has 24 heavy (non-hydrogen) atoms. The summed E-state index contributed by atoms with van der Waals surface area (Å²) >= 11 is 11.9. The molecule has 0 heterocycles. The quantitative estimate of drug-likeness (QED) is 0.800. The van der Waals surface area contributed by atoms with E-state index in [1.165, 1.54) is 7.11 Å². The van der Waals surface area contributed by atoms with Crippen molar-refractivity contribution in [2.24, 2.45) is 0 Å². The second-order valence-electron chi connectivity index (χ2n) is 5.17. The number of benzene rings is 2. The number of hydrogen-bond acceptors (Lipinski definition) is 3. The molecule has 5 nitrogen and oxygen atoms in total. The van der Waals surface area contributed by atoms with Gasteiger partial charge in [-0.1, -0.05) is 29.3 Å². The third kappa shape index (κ3) is 4.19. The fourth-order valence-electron chi connectivity index (χ4n) is 2.02. The van der Waals surface area contributed by atoms with Crippen LogP contribution in [0.2, 0.25) is 10.0 Å². The van der Waals surface area contributed by atoms with Gasteiger partial charge in [-0.25, -0.2) is 0 Å². The van der Waals surface area contributed by atoms with Crippen molar-refractivity contribution in [2.75, 3.05) is 17.7 Å². The van der Waals surface area contributed by atoms with E-state index in [-0.39, 0.29) is 0 Å². The highest BCUT2D eigenvalue weighted by atomic mass is 35.5. The van der Waals surface area contributed by atoms with Crippen LogP contribution < -0.4 is 15.4 Å². The van der Waals surface area contributed by atoms with Gasteiger partial charge in [0.2, 0.25) is 0 Å². The number of hydrogen-bond donors (Lipinski definition) is 2. The number of nitrogens with one attached hydrogen (secondary N) is 2. The van der Waals surface area contributed by atoms with E-state index in [0.717, 1.165) is 11.1 Å². The Kier molecular flexibility index (Phi) is 5.70.